The molecule has 0 radical (unpaired) electrons. The Labute approximate surface area is 98.5 Å². The minimum absolute atomic E-state index is 0.00663. The van der Waals surface area contributed by atoms with E-state index in [4.69, 9.17) is 9.84 Å². The SMILES string of the molecule is O=C(NCCOCCO)c1cc(O)ccc1O. The maximum atomic E-state index is 11.6. The quantitative estimate of drug-likeness (QED) is 0.409. The molecule has 94 valence electrons. The van der Waals surface area contributed by atoms with E-state index in [-0.39, 0.29) is 43.4 Å². The van der Waals surface area contributed by atoms with E-state index in [0.717, 1.165) is 0 Å². The van der Waals surface area contributed by atoms with Crippen LogP contribution in [-0.2, 0) is 4.74 Å². The minimum Gasteiger partial charge on any atom is -0.508 e. The van der Waals surface area contributed by atoms with E-state index in [1.165, 1.54) is 18.2 Å². The standard InChI is InChI=1S/C11H15NO5/c13-4-6-17-5-3-12-11(16)9-7-8(14)1-2-10(9)15/h1-2,7,13-15H,3-6H2,(H,12,16). The first kappa shape index (κ1) is 13.3. The second-order valence-corrected chi connectivity index (χ2v) is 3.29. The number of aromatic hydroxyl groups is 2. The van der Waals surface area contributed by atoms with Crippen molar-refractivity contribution >= 4 is 5.91 Å². The van der Waals surface area contributed by atoms with Crippen LogP contribution in [0.25, 0.3) is 0 Å². The molecule has 0 aliphatic rings. The molecule has 17 heavy (non-hydrogen) atoms. The largest absolute Gasteiger partial charge is 0.508 e. The number of benzene rings is 1. The molecule has 0 saturated heterocycles. The van der Waals surface area contributed by atoms with Crippen molar-refractivity contribution in [3.05, 3.63) is 23.8 Å². The average Bonchev–Trinajstić information content (AvgIpc) is 2.32. The fourth-order valence-corrected chi connectivity index (χ4v) is 1.20. The van der Waals surface area contributed by atoms with Crippen LogP contribution in [0.2, 0.25) is 0 Å². The lowest BCUT2D eigenvalue weighted by molar-refractivity contribution is 0.0836. The highest BCUT2D eigenvalue weighted by atomic mass is 16.5. The number of nitrogens with one attached hydrogen (secondary N) is 1. The molecular formula is C11H15NO5. The summed E-state index contributed by atoms with van der Waals surface area (Å²) < 4.78 is 4.95. The smallest absolute Gasteiger partial charge is 0.255 e. The first-order valence-electron chi connectivity index (χ1n) is 5.14. The molecule has 0 unspecified atom stereocenters. The highest BCUT2D eigenvalue weighted by Gasteiger charge is 2.11. The Balaban J connectivity index is 2.44. The number of aliphatic hydroxyl groups excluding tert-OH is 1. The first-order chi connectivity index (χ1) is 8.15. The number of carbonyl (C=O) groups excluding carboxylic acids is 1. The third-order valence-corrected chi connectivity index (χ3v) is 1.99. The average molecular weight is 241 g/mol. The summed E-state index contributed by atoms with van der Waals surface area (Å²) in [6, 6.07) is 3.71. The molecule has 6 heteroatoms. The number of rotatable bonds is 6. The van der Waals surface area contributed by atoms with Gasteiger partial charge in [-0.25, -0.2) is 0 Å². The molecule has 6 nitrogen and oxygen atoms in total. The van der Waals surface area contributed by atoms with Crippen LogP contribution in [0, 0.1) is 0 Å². The van der Waals surface area contributed by atoms with Crippen LogP contribution in [-0.4, -0.2) is 47.6 Å². The van der Waals surface area contributed by atoms with Crippen molar-refractivity contribution in [2.24, 2.45) is 0 Å². The zero-order valence-electron chi connectivity index (χ0n) is 9.22. The van der Waals surface area contributed by atoms with Gasteiger partial charge >= 0.3 is 0 Å². The van der Waals surface area contributed by atoms with Crippen molar-refractivity contribution in [3.8, 4) is 11.5 Å². The van der Waals surface area contributed by atoms with Gasteiger partial charge in [0.05, 0.1) is 25.4 Å². The van der Waals surface area contributed by atoms with Gasteiger partial charge in [0, 0.05) is 6.54 Å². The summed E-state index contributed by atoms with van der Waals surface area (Å²) in [7, 11) is 0. The van der Waals surface area contributed by atoms with Gasteiger partial charge in [-0.05, 0) is 18.2 Å². The molecule has 0 fully saturated rings. The number of hydrogen-bond acceptors (Lipinski definition) is 5. The third-order valence-electron chi connectivity index (χ3n) is 1.99. The lowest BCUT2D eigenvalue weighted by atomic mass is 10.2. The van der Waals surface area contributed by atoms with Crippen molar-refractivity contribution in [1.29, 1.82) is 0 Å². The summed E-state index contributed by atoms with van der Waals surface area (Å²) in [5, 5.41) is 29.5. The van der Waals surface area contributed by atoms with Crippen molar-refractivity contribution in [3.63, 3.8) is 0 Å². The molecule has 0 aromatic heterocycles. The van der Waals surface area contributed by atoms with Gasteiger partial charge in [0.1, 0.15) is 11.5 Å². The second-order valence-electron chi connectivity index (χ2n) is 3.29. The predicted octanol–water partition coefficient (Wildman–Crippen LogP) is -0.164. The molecule has 0 atom stereocenters. The van der Waals surface area contributed by atoms with E-state index in [2.05, 4.69) is 5.32 Å². The first-order valence-corrected chi connectivity index (χ1v) is 5.14. The zero-order valence-corrected chi connectivity index (χ0v) is 9.22. The van der Waals surface area contributed by atoms with Gasteiger partial charge in [0.25, 0.3) is 5.91 Å². The Morgan fingerprint density at radius 2 is 2.06 bits per heavy atom. The van der Waals surface area contributed by atoms with Gasteiger partial charge in [-0.2, -0.15) is 0 Å². The topological polar surface area (TPSA) is 99.0 Å². The van der Waals surface area contributed by atoms with Crippen molar-refractivity contribution < 1.29 is 24.9 Å². The fraction of sp³-hybridized carbons (Fsp3) is 0.364. The number of aliphatic hydroxyl groups is 1. The molecule has 0 saturated carbocycles. The lowest BCUT2D eigenvalue weighted by Gasteiger charge is -2.07. The number of ether oxygens (including phenoxy) is 1. The van der Waals surface area contributed by atoms with Crippen molar-refractivity contribution in [1.82, 2.24) is 5.32 Å². The summed E-state index contributed by atoms with van der Waals surface area (Å²) in [5.41, 5.74) is 0.00663. The normalized spacial score (nSPS) is 10.2. The Hall–Kier alpha value is -1.79. The number of amides is 1. The van der Waals surface area contributed by atoms with Gasteiger partial charge in [-0.3, -0.25) is 4.79 Å². The van der Waals surface area contributed by atoms with Crippen molar-refractivity contribution in [2.45, 2.75) is 0 Å². The van der Waals surface area contributed by atoms with Crippen LogP contribution in [0.1, 0.15) is 10.4 Å². The summed E-state index contributed by atoms with van der Waals surface area (Å²) in [5.74, 6) is -0.785. The van der Waals surface area contributed by atoms with E-state index in [9.17, 15) is 15.0 Å². The highest BCUT2D eigenvalue weighted by Crippen LogP contribution is 2.21. The fourth-order valence-electron chi connectivity index (χ4n) is 1.20. The highest BCUT2D eigenvalue weighted by molar-refractivity contribution is 5.97. The van der Waals surface area contributed by atoms with Crippen molar-refractivity contribution in [2.75, 3.05) is 26.4 Å². The third kappa shape index (κ3) is 4.29. The molecule has 1 rings (SSSR count). The van der Waals surface area contributed by atoms with E-state index in [0.29, 0.717) is 0 Å². The van der Waals surface area contributed by atoms with Crippen LogP contribution >= 0.6 is 0 Å². The summed E-state index contributed by atoms with van der Waals surface area (Å²) in [6.45, 7) is 0.675. The van der Waals surface area contributed by atoms with E-state index >= 15 is 0 Å². The maximum Gasteiger partial charge on any atom is 0.255 e. The van der Waals surface area contributed by atoms with Gasteiger partial charge in [0.2, 0.25) is 0 Å². The zero-order chi connectivity index (χ0) is 12.7. The van der Waals surface area contributed by atoms with Crippen LogP contribution in [0.3, 0.4) is 0 Å². The van der Waals surface area contributed by atoms with Gasteiger partial charge in [0.15, 0.2) is 0 Å². The molecule has 0 spiro atoms. The lowest BCUT2D eigenvalue weighted by Crippen LogP contribution is -2.27. The molecule has 1 amide bonds. The molecule has 0 aliphatic carbocycles. The summed E-state index contributed by atoms with van der Waals surface area (Å²) >= 11 is 0. The van der Waals surface area contributed by atoms with Crippen LogP contribution in [0.15, 0.2) is 18.2 Å². The molecule has 0 heterocycles. The number of phenolic OH excluding ortho intramolecular Hbond substituents is 2. The van der Waals surface area contributed by atoms with Crippen LogP contribution in [0.5, 0.6) is 11.5 Å². The van der Waals surface area contributed by atoms with E-state index in [1.807, 2.05) is 0 Å². The molecular weight excluding hydrogens is 226 g/mol. The Morgan fingerprint density at radius 3 is 2.76 bits per heavy atom. The Morgan fingerprint density at radius 1 is 1.29 bits per heavy atom. The summed E-state index contributed by atoms with van der Waals surface area (Å²) in [4.78, 5) is 11.6. The molecule has 0 aliphatic heterocycles. The molecule has 1 aromatic carbocycles. The van der Waals surface area contributed by atoms with Gasteiger partial charge < -0.3 is 25.4 Å². The monoisotopic (exact) mass is 241 g/mol. The Kier molecular flexibility index (Phi) is 5.25. The number of hydrogen-bond donors (Lipinski definition) is 4. The minimum atomic E-state index is -0.494. The maximum absolute atomic E-state index is 11.6. The number of phenols is 2. The second kappa shape index (κ2) is 6.72. The van der Waals surface area contributed by atoms with E-state index in [1.54, 1.807) is 0 Å². The van der Waals surface area contributed by atoms with Crippen LogP contribution in [0.4, 0.5) is 0 Å². The number of carbonyl (C=O) groups is 1. The molecule has 1 aromatic rings. The molecule has 0 bridgehead atoms. The van der Waals surface area contributed by atoms with Gasteiger partial charge in [-0.1, -0.05) is 0 Å². The van der Waals surface area contributed by atoms with Gasteiger partial charge in [-0.15, -0.1) is 0 Å². The summed E-state index contributed by atoms with van der Waals surface area (Å²) in [6.07, 6.45) is 0. The Bertz CT molecular complexity index is 380. The van der Waals surface area contributed by atoms with Crippen LogP contribution < -0.4 is 5.32 Å². The predicted molar refractivity (Wildman–Crippen MR) is 60.0 cm³/mol. The molecule has 4 N–H and O–H groups in total. The van der Waals surface area contributed by atoms with E-state index < -0.39 is 5.91 Å².